The maximum atomic E-state index is 13.5. The smallest absolute Gasteiger partial charge is 0.260 e. The van der Waals surface area contributed by atoms with Gasteiger partial charge in [-0.05, 0) is 50.8 Å². The highest BCUT2D eigenvalue weighted by molar-refractivity contribution is 7.91. The van der Waals surface area contributed by atoms with Gasteiger partial charge in [0.2, 0.25) is 0 Å². The molecule has 3 rings (SSSR count). The first-order valence-electron chi connectivity index (χ1n) is 9.91. The lowest BCUT2D eigenvalue weighted by Gasteiger charge is -2.22. The van der Waals surface area contributed by atoms with E-state index in [1.807, 2.05) is 38.1 Å². The second-order valence-corrected chi connectivity index (χ2v) is 10.7. The third kappa shape index (κ3) is 5.40. The van der Waals surface area contributed by atoms with Crippen LogP contribution in [0.2, 0.25) is 0 Å². The Balaban J connectivity index is 0.00000363. The van der Waals surface area contributed by atoms with Crippen molar-refractivity contribution in [1.29, 1.82) is 0 Å². The van der Waals surface area contributed by atoms with E-state index < -0.39 is 9.84 Å². The number of likely N-dealkylation sites (N-methyl/N-ethyl adjacent to an activating group) is 1. The number of methoxy groups -OCH3 is 1. The number of fused-ring (bicyclic) bond motifs is 1. The highest BCUT2D eigenvalue weighted by atomic mass is 35.5. The molecule has 10 heteroatoms. The largest absolute Gasteiger partial charge is 0.494 e. The second-order valence-electron chi connectivity index (χ2n) is 7.45. The fraction of sp³-hybridized carbons (Fsp3) is 0.364. The maximum absolute atomic E-state index is 13.5. The fourth-order valence-corrected chi connectivity index (χ4v) is 5.11. The second kappa shape index (κ2) is 10.6. The number of hydrogen-bond donors (Lipinski definition) is 0. The van der Waals surface area contributed by atoms with Gasteiger partial charge in [-0.1, -0.05) is 30.4 Å². The van der Waals surface area contributed by atoms with E-state index in [1.165, 1.54) is 23.5 Å². The molecule has 2 aromatic carbocycles. The normalized spacial score (nSPS) is 11.4. The van der Waals surface area contributed by atoms with Crippen molar-refractivity contribution in [2.24, 2.45) is 0 Å². The minimum absolute atomic E-state index is 0. The van der Waals surface area contributed by atoms with Gasteiger partial charge in [0.05, 0.1) is 22.5 Å². The number of sulfone groups is 1. The van der Waals surface area contributed by atoms with Gasteiger partial charge in [-0.2, -0.15) is 0 Å². The molecule has 0 aliphatic carbocycles. The van der Waals surface area contributed by atoms with E-state index >= 15 is 0 Å². The maximum Gasteiger partial charge on any atom is 0.260 e. The summed E-state index contributed by atoms with van der Waals surface area (Å²) >= 11 is 1.43. The predicted octanol–water partition coefficient (Wildman–Crippen LogP) is 4.04. The van der Waals surface area contributed by atoms with Crippen LogP contribution in [0.15, 0.2) is 41.3 Å². The van der Waals surface area contributed by atoms with E-state index in [-0.39, 0.29) is 29.0 Å². The molecule has 0 N–H and O–H groups in total. The van der Waals surface area contributed by atoms with E-state index in [9.17, 15) is 13.2 Å². The van der Waals surface area contributed by atoms with E-state index in [1.54, 1.807) is 31.1 Å². The molecule has 7 nitrogen and oxygen atoms in total. The van der Waals surface area contributed by atoms with Crippen molar-refractivity contribution in [3.63, 3.8) is 0 Å². The number of nitrogens with zero attached hydrogens (tertiary/aromatic N) is 3. The topological polar surface area (TPSA) is 79.8 Å². The van der Waals surface area contributed by atoms with Gasteiger partial charge in [-0.15, -0.1) is 12.4 Å². The van der Waals surface area contributed by atoms with Gasteiger partial charge in [-0.3, -0.25) is 9.69 Å². The van der Waals surface area contributed by atoms with Crippen molar-refractivity contribution < 1.29 is 17.9 Å². The first-order valence-corrected chi connectivity index (χ1v) is 12.4. The van der Waals surface area contributed by atoms with Gasteiger partial charge in [-0.25, -0.2) is 13.4 Å². The van der Waals surface area contributed by atoms with Gasteiger partial charge in [0, 0.05) is 18.7 Å². The van der Waals surface area contributed by atoms with Crippen LogP contribution in [0.5, 0.6) is 5.75 Å². The number of ether oxygens (including phenoxy) is 1. The highest BCUT2D eigenvalue weighted by Gasteiger charge is 2.24. The Morgan fingerprint density at radius 1 is 1.16 bits per heavy atom. The average Bonchev–Trinajstić information content (AvgIpc) is 3.20. The molecule has 0 aliphatic heterocycles. The number of rotatable bonds is 8. The van der Waals surface area contributed by atoms with Gasteiger partial charge >= 0.3 is 0 Å². The van der Waals surface area contributed by atoms with Gasteiger partial charge in [0.15, 0.2) is 15.0 Å². The monoisotopic (exact) mass is 497 g/mol. The van der Waals surface area contributed by atoms with Crippen LogP contribution in [-0.4, -0.2) is 64.3 Å². The van der Waals surface area contributed by atoms with E-state index in [2.05, 4.69) is 0 Å². The minimum atomic E-state index is -3.41. The van der Waals surface area contributed by atoms with Gasteiger partial charge < -0.3 is 9.64 Å². The zero-order valence-electron chi connectivity index (χ0n) is 18.8. The minimum Gasteiger partial charge on any atom is -0.494 e. The zero-order valence-corrected chi connectivity index (χ0v) is 21.2. The molecule has 174 valence electrons. The van der Waals surface area contributed by atoms with Crippen LogP contribution >= 0.6 is 23.7 Å². The number of aryl methyl sites for hydroxylation is 1. The summed E-state index contributed by atoms with van der Waals surface area (Å²) in [6, 6.07) is 10.0. The summed E-state index contributed by atoms with van der Waals surface area (Å²) in [4.78, 5) is 22.0. The number of anilines is 1. The molecule has 1 heterocycles. The summed E-state index contributed by atoms with van der Waals surface area (Å²) in [5.41, 5.74) is 2.08. The molecule has 32 heavy (non-hydrogen) atoms. The molecule has 0 atom stereocenters. The summed E-state index contributed by atoms with van der Waals surface area (Å²) in [5, 5.41) is 0.554. The standard InChI is InChI=1S/C22H27N3O4S2.ClH/c1-6-31(27,28)17-9-7-8-16(14-17)21(26)25(13-12-24(3)4)22-23-19-18(29-5)11-10-15(2)20(19)30-22;/h7-11,14H,6,12-13H2,1-5H3;1H. The average molecular weight is 498 g/mol. The van der Waals surface area contributed by atoms with Crippen LogP contribution in [0.4, 0.5) is 5.13 Å². The van der Waals surface area contributed by atoms with Gasteiger partial charge in [0.25, 0.3) is 5.91 Å². The molecule has 0 bridgehead atoms. The van der Waals surface area contributed by atoms with Crippen molar-refractivity contribution in [2.45, 2.75) is 18.7 Å². The van der Waals surface area contributed by atoms with E-state index in [4.69, 9.17) is 9.72 Å². The molecular formula is C22H28ClN3O4S2. The Morgan fingerprint density at radius 2 is 1.88 bits per heavy atom. The fourth-order valence-electron chi connectivity index (χ4n) is 3.11. The van der Waals surface area contributed by atoms with Crippen LogP contribution in [0.25, 0.3) is 10.2 Å². The number of hydrogen-bond acceptors (Lipinski definition) is 7. The summed E-state index contributed by atoms with van der Waals surface area (Å²) in [6.45, 7) is 4.63. The van der Waals surface area contributed by atoms with Crippen molar-refractivity contribution in [3.8, 4) is 5.75 Å². The van der Waals surface area contributed by atoms with Crippen molar-refractivity contribution in [2.75, 3.05) is 44.9 Å². The summed E-state index contributed by atoms with van der Waals surface area (Å²) in [5.74, 6) is 0.344. The van der Waals surface area contributed by atoms with Crippen LogP contribution in [-0.2, 0) is 9.84 Å². The lowest BCUT2D eigenvalue weighted by atomic mass is 10.2. The molecular weight excluding hydrogens is 470 g/mol. The van der Waals surface area contributed by atoms with Gasteiger partial charge in [0.1, 0.15) is 11.3 Å². The molecule has 3 aromatic rings. The zero-order chi connectivity index (χ0) is 22.8. The van der Waals surface area contributed by atoms with Crippen molar-refractivity contribution >= 4 is 54.8 Å². The predicted molar refractivity (Wildman–Crippen MR) is 133 cm³/mol. The quantitative estimate of drug-likeness (QED) is 0.467. The molecule has 0 radical (unpaired) electrons. The lowest BCUT2D eigenvalue weighted by molar-refractivity contribution is 0.0985. The first kappa shape index (κ1) is 26.1. The summed E-state index contributed by atoms with van der Waals surface area (Å²) < 4.78 is 31.0. The number of aromatic nitrogens is 1. The Kier molecular flexibility index (Phi) is 8.64. The lowest BCUT2D eigenvalue weighted by Crippen LogP contribution is -2.36. The van der Waals surface area contributed by atoms with Crippen molar-refractivity contribution in [3.05, 3.63) is 47.5 Å². The van der Waals surface area contributed by atoms with Crippen LogP contribution in [0.1, 0.15) is 22.8 Å². The highest BCUT2D eigenvalue weighted by Crippen LogP contribution is 2.36. The summed E-state index contributed by atoms with van der Waals surface area (Å²) in [6.07, 6.45) is 0. The van der Waals surface area contributed by atoms with Crippen molar-refractivity contribution in [1.82, 2.24) is 9.88 Å². The Labute approximate surface area is 199 Å². The summed E-state index contributed by atoms with van der Waals surface area (Å²) in [7, 11) is 2.05. The van der Waals surface area contributed by atoms with Crippen LogP contribution in [0.3, 0.4) is 0 Å². The number of thiazole rings is 1. The molecule has 0 aliphatic rings. The number of benzene rings is 2. The number of halogens is 1. The molecule has 0 fully saturated rings. The Bertz CT molecular complexity index is 1210. The SMILES string of the molecule is CCS(=O)(=O)c1cccc(C(=O)N(CCN(C)C)c2nc3c(OC)ccc(C)c3s2)c1.Cl. The molecule has 0 spiro atoms. The van der Waals surface area contributed by atoms with E-state index in [0.29, 0.717) is 35.1 Å². The molecule has 1 aromatic heterocycles. The van der Waals surface area contributed by atoms with E-state index in [0.717, 1.165) is 10.3 Å². The molecule has 0 unspecified atom stereocenters. The molecule has 0 saturated heterocycles. The third-order valence-electron chi connectivity index (χ3n) is 4.98. The molecule has 1 amide bonds. The third-order valence-corrected chi connectivity index (χ3v) is 7.93. The first-order chi connectivity index (χ1) is 14.7. The molecule has 0 saturated carbocycles. The van der Waals surface area contributed by atoms with Crippen LogP contribution in [0, 0.1) is 6.92 Å². The Hall–Kier alpha value is -2.20. The Morgan fingerprint density at radius 3 is 2.50 bits per heavy atom. The van der Waals surface area contributed by atoms with Crippen LogP contribution < -0.4 is 9.64 Å². The number of carbonyl (C=O) groups excluding carboxylic acids is 1. The number of carbonyl (C=O) groups is 1. The number of amides is 1.